The van der Waals surface area contributed by atoms with Crippen molar-refractivity contribution in [2.45, 2.75) is 11.4 Å². The first-order valence-electron chi connectivity index (χ1n) is 9.20. The third-order valence-corrected chi connectivity index (χ3v) is 6.00. The molecule has 7 heteroatoms. The van der Waals surface area contributed by atoms with Crippen LogP contribution >= 0.6 is 23.4 Å². The lowest BCUT2D eigenvalue weighted by molar-refractivity contribution is 0.0342. The number of aromatic amines is 1. The summed E-state index contributed by atoms with van der Waals surface area (Å²) in [6, 6.07) is 13.5. The summed E-state index contributed by atoms with van der Waals surface area (Å²) in [6.07, 6.45) is 2.05. The Bertz CT molecular complexity index is 998. The number of hydrogen-bond acceptors (Lipinski definition) is 4. The zero-order valence-electron chi connectivity index (χ0n) is 15.6. The van der Waals surface area contributed by atoms with E-state index in [1.54, 1.807) is 23.9 Å². The van der Waals surface area contributed by atoms with Crippen molar-refractivity contribution in [3.05, 3.63) is 58.7 Å². The molecule has 0 bridgehead atoms. The van der Waals surface area contributed by atoms with Crippen molar-refractivity contribution < 1.29 is 9.53 Å². The molecule has 3 aromatic rings. The lowest BCUT2D eigenvalue weighted by Gasteiger charge is -2.26. The molecule has 1 amide bonds. The number of morpholine rings is 1. The van der Waals surface area contributed by atoms with Crippen molar-refractivity contribution in [3.63, 3.8) is 0 Å². The third kappa shape index (κ3) is 4.05. The maximum absolute atomic E-state index is 13.1. The SMILES string of the molecule is CSc1ccc2c(CN3CCOCC3)c(C(=O)Nc3ccccc3Cl)[nH]c2c1. The van der Waals surface area contributed by atoms with Gasteiger partial charge in [-0.15, -0.1) is 11.8 Å². The predicted octanol–water partition coefficient (Wildman–Crippen LogP) is 4.63. The number of thioether (sulfide) groups is 1. The Labute approximate surface area is 173 Å². The van der Waals surface area contributed by atoms with Gasteiger partial charge in [0.2, 0.25) is 0 Å². The molecule has 2 N–H and O–H groups in total. The highest BCUT2D eigenvalue weighted by Gasteiger charge is 2.22. The predicted molar refractivity (Wildman–Crippen MR) is 116 cm³/mol. The molecule has 1 aliphatic rings. The zero-order valence-corrected chi connectivity index (χ0v) is 17.2. The first-order valence-corrected chi connectivity index (χ1v) is 10.8. The molecule has 2 heterocycles. The third-order valence-electron chi connectivity index (χ3n) is 4.95. The Morgan fingerprint density at radius 2 is 2.04 bits per heavy atom. The first kappa shape index (κ1) is 19.3. The van der Waals surface area contributed by atoms with Crippen LogP contribution in [0.1, 0.15) is 16.1 Å². The number of hydrogen-bond donors (Lipinski definition) is 2. The number of aromatic nitrogens is 1. The fraction of sp³-hybridized carbons (Fsp3) is 0.286. The molecule has 0 saturated carbocycles. The molecule has 0 aliphatic carbocycles. The second-order valence-electron chi connectivity index (χ2n) is 6.71. The number of para-hydroxylation sites is 1. The first-order chi connectivity index (χ1) is 13.7. The molecule has 1 aliphatic heterocycles. The van der Waals surface area contributed by atoms with Gasteiger partial charge in [-0.1, -0.05) is 29.8 Å². The Morgan fingerprint density at radius 1 is 1.25 bits per heavy atom. The molecule has 0 atom stereocenters. The average molecular weight is 416 g/mol. The number of ether oxygens (including phenoxy) is 1. The fourth-order valence-corrected chi connectivity index (χ4v) is 4.07. The number of benzene rings is 2. The largest absolute Gasteiger partial charge is 0.379 e. The van der Waals surface area contributed by atoms with Crippen molar-refractivity contribution >= 4 is 45.9 Å². The van der Waals surface area contributed by atoms with E-state index in [0.29, 0.717) is 22.9 Å². The van der Waals surface area contributed by atoms with E-state index >= 15 is 0 Å². The molecule has 0 radical (unpaired) electrons. The Morgan fingerprint density at radius 3 is 2.79 bits per heavy atom. The van der Waals surface area contributed by atoms with E-state index in [1.807, 2.05) is 18.4 Å². The van der Waals surface area contributed by atoms with Crippen LogP contribution in [-0.2, 0) is 11.3 Å². The van der Waals surface area contributed by atoms with Gasteiger partial charge < -0.3 is 15.0 Å². The fourth-order valence-electron chi connectivity index (χ4n) is 3.45. The van der Waals surface area contributed by atoms with Crippen molar-refractivity contribution in [2.75, 3.05) is 37.9 Å². The van der Waals surface area contributed by atoms with Crippen molar-refractivity contribution in [1.29, 1.82) is 0 Å². The quantitative estimate of drug-likeness (QED) is 0.596. The summed E-state index contributed by atoms with van der Waals surface area (Å²) >= 11 is 7.90. The van der Waals surface area contributed by atoms with Crippen LogP contribution < -0.4 is 5.32 Å². The Kier molecular flexibility index (Phi) is 5.92. The van der Waals surface area contributed by atoms with Gasteiger partial charge >= 0.3 is 0 Å². The second kappa shape index (κ2) is 8.57. The van der Waals surface area contributed by atoms with E-state index in [1.165, 1.54) is 0 Å². The molecule has 28 heavy (non-hydrogen) atoms. The lowest BCUT2D eigenvalue weighted by Crippen LogP contribution is -2.36. The minimum Gasteiger partial charge on any atom is -0.379 e. The van der Waals surface area contributed by atoms with E-state index in [-0.39, 0.29) is 5.91 Å². The topological polar surface area (TPSA) is 57.4 Å². The summed E-state index contributed by atoms with van der Waals surface area (Å²) in [5, 5.41) is 4.54. The van der Waals surface area contributed by atoms with E-state index < -0.39 is 0 Å². The highest BCUT2D eigenvalue weighted by atomic mass is 35.5. The van der Waals surface area contributed by atoms with E-state index in [9.17, 15) is 4.79 Å². The second-order valence-corrected chi connectivity index (χ2v) is 8.00. The normalized spacial score (nSPS) is 15.1. The number of nitrogens with zero attached hydrogens (tertiary/aromatic N) is 1. The molecule has 1 aromatic heterocycles. The van der Waals surface area contributed by atoms with Crippen LogP contribution in [0.5, 0.6) is 0 Å². The summed E-state index contributed by atoms with van der Waals surface area (Å²) in [7, 11) is 0. The highest BCUT2D eigenvalue weighted by Crippen LogP contribution is 2.29. The number of rotatable bonds is 5. The molecule has 1 saturated heterocycles. The van der Waals surface area contributed by atoms with Crippen molar-refractivity contribution in [1.82, 2.24) is 9.88 Å². The van der Waals surface area contributed by atoms with Crippen LogP contribution in [0.4, 0.5) is 5.69 Å². The average Bonchev–Trinajstić information content (AvgIpc) is 3.08. The molecular weight excluding hydrogens is 394 g/mol. The number of carbonyl (C=O) groups excluding carboxylic acids is 1. The summed E-state index contributed by atoms with van der Waals surface area (Å²) in [6.45, 7) is 3.87. The highest BCUT2D eigenvalue weighted by molar-refractivity contribution is 7.98. The van der Waals surface area contributed by atoms with Crippen LogP contribution in [0.25, 0.3) is 10.9 Å². The summed E-state index contributed by atoms with van der Waals surface area (Å²) in [5.74, 6) is -0.182. The van der Waals surface area contributed by atoms with Gasteiger partial charge in [0.15, 0.2) is 0 Å². The lowest BCUT2D eigenvalue weighted by atomic mass is 10.1. The van der Waals surface area contributed by atoms with Gasteiger partial charge in [0, 0.05) is 41.0 Å². The molecular formula is C21H22ClN3O2S. The van der Waals surface area contributed by atoms with Gasteiger partial charge in [-0.05, 0) is 30.5 Å². The number of halogens is 1. The van der Waals surface area contributed by atoms with Gasteiger partial charge in [0.25, 0.3) is 5.91 Å². The van der Waals surface area contributed by atoms with Gasteiger partial charge in [0.05, 0.1) is 23.9 Å². The van der Waals surface area contributed by atoms with Crippen LogP contribution in [0.3, 0.4) is 0 Å². The van der Waals surface area contributed by atoms with E-state index in [4.69, 9.17) is 16.3 Å². The number of H-pyrrole nitrogens is 1. The van der Waals surface area contributed by atoms with Crippen LogP contribution in [0.15, 0.2) is 47.4 Å². The number of anilines is 1. The van der Waals surface area contributed by atoms with Gasteiger partial charge in [-0.2, -0.15) is 0 Å². The monoisotopic (exact) mass is 415 g/mol. The maximum Gasteiger partial charge on any atom is 0.272 e. The smallest absolute Gasteiger partial charge is 0.272 e. The van der Waals surface area contributed by atoms with E-state index in [0.717, 1.165) is 47.7 Å². The van der Waals surface area contributed by atoms with Crippen LogP contribution in [0, 0.1) is 0 Å². The summed E-state index contributed by atoms with van der Waals surface area (Å²) in [5.41, 5.74) is 3.17. The summed E-state index contributed by atoms with van der Waals surface area (Å²) in [4.78, 5) is 19.9. The Hall–Kier alpha value is -1.99. The molecule has 1 fully saturated rings. The van der Waals surface area contributed by atoms with Gasteiger partial charge in [-0.25, -0.2) is 0 Å². The number of amides is 1. The standard InChI is InChI=1S/C21H22ClN3O2S/c1-28-14-6-7-15-16(13-25-8-10-27-11-9-25)20(23-19(15)12-14)21(26)24-18-5-3-2-4-17(18)22/h2-7,12,23H,8-11,13H2,1H3,(H,24,26). The van der Waals surface area contributed by atoms with Crippen molar-refractivity contribution in [2.24, 2.45) is 0 Å². The minimum absolute atomic E-state index is 0.182. The molecule has 2 aromatic carbocycles. The van der Waals surface area contributed by atoms with Crippen LogP contribution in [-0.4, -0.2) is 48.4 Å². The number of carbonyl (C=O) groups is 1. The minimum atomic E-state index is -0.182. The zero-order chi connectivity index (χ0) is 19.5. The maximum atomic E-state index is 13.1. The molecule has 0 spiro atoms. The molecule has 5 nitrogen and oxygen atoms in total. The van der Waals surface area contributed by atoms with Gasteiger partial charge in [-0.3, -0.25) is 9.69 Å². The summed E-state index contributed by atoms with van der Waals surface area (Å²) < 4.78 is 5.46. The number of nitrogens with one attached hydrogen (secondary N) is 2. The van der Waals surface area contributed by atoms with Crippen LogP contribution in [0.2, 0.25) is 5.02 Å². The number of fused-ring (bicyclic) bond motifs is 1. The molecule has 146 valence electrons. The van der Waals surface area contributed by atoms with E-state index in [2.05, 4.69) is 33.4 Å². The van der Waals surface area contributed by atoms with Gasteiger partial charge in [0.1, 0.15) is 5.69 Å². The van der Waals surface area contributed by atoms with Crippen molar-refractivity contribution in [3.8, 4) is 0 Å². The molecule has 4 rings (SSSR count). The Balaban J connectivity index is 1.71. The molecule has 0 unspecified atom stereocenters.